The molecule has 0 aromatic carbocycles. The first-order valence-electron chi connectivity index (χ1n) is 4.81. The maximum absolute atomic E-state index is 11.7. The summed E-state index contributed by atoms with van der Waals surface area (Å²) in [6.45, 7) is 3.58. The van der Waals surface area contributed by atoms with Crippen molar-refractivity contribution in [2.75, 3.05) is 0 Å². The largest absolute Gasteiger partial charge is 0.336 e. The summed E-state index contributed by atoms with van der Waals surface area (Å²) in [6, 6.07) is 1.47. The molecule has 1 heterocycles. The van der Waals surface area contributed by atoms with Crippen molar-refractivity contribution < 1.29 is 4.79 Å². The molecule has 15 heavy (non-hydrogen) atoms. The Balaban J connectivity index is 2.86. The molecule has 0 fully saturated rings. The Morgan fingerprint density at radius 2 is 2.47 bits per heavy atom. The molecule has 0 saturated carbocycles. The third kappa shape index (κ3) is 2.56. The van der Waals surface area contributed by atoms with Crippen LogP contribution in [0.3, 0.4) is 0 Å². The van der Waals surface area contributed by atoms with E-state index in [2.05, 4.69) is 10.4 Å². The second-order valence-electron chi connectivity index (χ2n) is 3.34. The minimum Gasteiger partial charge on any atom is -0.336 e. The molecule has 1 atom stereocenters. The van der Waals surface area contributed by atoms with E-state index < -0.39 is 6.04 Å². The number of hydrogen-bond acceptors (Lipinski definition) is 3. The van der Waals surface area contributed by atoms with E-state index in [9.17, 15) is 4.79 Å². The van der Waals surface area contributed by atoms with Crippen LogP contribution in [0.4, 0.5) is 0 Å². The average Bonchev–Trinajstić information content (AvgIpc) is 2.59. The lowest BCUT2D eigenvalue weighted by atomic mass is 10.2. The van der Waals surface area contributed by atoms with E-state index in [1.807, 2.05) is 13.0 Å². The fourth-order valence-corrected chi connectivity index (χ4v) is 1.29. The standard InChI is InChI=1S/C10H14N4O/c1-4-9-8(6-14(3)13-9)10(15)12-7(2)5-11/h6-7H,4H2,1-3H3,(H,12,15). The van der Waals surface area contributed by atoms with Crippen molar-refractivity contribution in [3.05, 3.63) is 17.5 Å². The predicted octanol–water partition coefficient (Wildman–Crippen LogP) is 0.624. The van der Waals surface area contributed by atoms with E-state index >= 15 is 0 Å². The number of amides is 1. The topological polar surface area (TPSA) is 70.7 Å². The lowest BCUT2D eigenvalue weighted by Gasteiger charge is -2.05. The van der Waals surface area contributed by atoms with Gasteiger partial charge in [0.1, 0.15) is 6.04 Å². The zero-order valence-corrected chi connectivity index (χ0v) is 9.11. The summed E-state index contributed by atoms with van der Waals surface area (Å²) in [6.07, 6.45) is 2.36. The number of aromatic nitrogens is 2. The third-order valence-electron chi connectivity index (χ3n) is 2.03. The van der Waals surface area contributed by atoms with E-state index in [1.165, 1.54) is 0 Å². The van der Waals surface area contributed by atoms with Gasteiger partial charge >= 0.3 is 0 Å². The molecule has 0 aliphatic heterocycles. The molecule has 5 nitrogen and oxygen atoms in total. The first-order valence-corrected chi connectivity index (χ1v) is 4.81. The summed E-state index contributed by atoms with van der Waals surface area (Å²) in [5.74, 6) is -0.242. The number of nitrogens with one attached hydrogen (secondary N) is 1. The average molecular weight is 206 g/mol. The Labute approximate surface area is 88.7 Å². The van der Waals surface area contributed by atoms with Crippen LogP contribution in [0.15, 0.2) is 6.20 Å². The normalized spacial score (nSPS) is 11.9. The molecular weight excluding hydrogens is 192 g/mol. The van der Waals surface area contributed by atoms with Crippen molar-refractivity contribution in [2.45, 2.75) is 26.3 Å². The van der Waals surface area contributed by atoms with Gasteiger partial charge in [0.25, 0.3) is 5.91 Å². The number of aryl methyl sites for hydroxylation is 2. The van der Waals surface area contributed by atoms with E-state index in [0.717, 1.165) is 5.69 Å². The predicted molar refractivity (Wildman–Crippen MR) is 55.1 cm³/mol. The van der Waals surface area contributed by atoms with Gasteiger partial charge in [-0.15, -0.1) is 0 Å². The van der Waals surface area contributed by atoms with Crippen LogP contribution < -0.4 is 5.32 Å². The summed E-state index contributed by atoms with van der Waals surface area (Å²) in [4.78, 5) is 11.7. The molecular formula is C10H14N4O. The first kappa shape index (κ1) is 11.2. The van der Waals surface area contributed by atoms with Gasteiger partial charge in [0, 0.05) is 13.2 Å². The fourth-order valence-electron chi connectivity index (χ4n) is 1.29. The maximum atomic E-state index is 11.7. The van der Waals surface area contributed by atoms with Crippen LogP contribution in [0.1, 0.15) is 29.9 Å². The molecule has 0 radical (unpaired) electrons. The highest BCUT2D eigenvalue weighted by Crippen LogP contribution is 2.07. The van der Waals surface area contributed by atoms with Crippen LogP contribution >= 0.6 is 0 Å². The smallest absolute Gasteiger partial charge is 0.255 e. The van der Waals surface area contributed by atoms with Gasteiger partial charge in [-0.25, -0.2) is 0 Å². The zero-order chi connectivity index (χ0) is 11.4. The van der Waals surface area contributed by atoms with Crippen molar-refractivity contribution >= 4 is 5.91 Å². The lowest BCUT2D eigenvalue weighted by molar-refractivity contribution is 0.0947. The second-order valence-corrected chi connectivity index (χ2v) is 3.34. The van der Waals surface area contributed by atoms with Gasteiger partial charge in [-0.3, -0.25) is 9.48 Å². The number of nitriles is 1. The summed E-state index contributed by atoms with van der Waals surface area (Å²) >= 11 is 0. The molecule has 0 saturated heterocycles. The van der Waals surface area contributed by atoms with Gasteiger partial charge in [0.05, 0.1) is 17.3 Å². The maximum Gasteiger partial charge on any atom is 0.255 e. The number of rotatable bonds is 3. The van der Waals surface area contributed by atoms with Gasteiger partial charge in [-0.1, -0.05) is 6.92 Å². The summed E-state index contributed by atoms with van der Waals surface area (Å²) in [7, 11) is 1.77. The van der Waals surface area contributed by atoms with Crippen molar-refractivity contribution in [2.24, 2.45) is 7.05 Å². The van der Waals surface area contributed by atoms with Crippen LogP contribution in [0, 0.1) is 11.3 Å². The Kier molecular flexibility index (Phi) is 3.45. The van der Waals surface area contributed by atoms with Crippen LogP contribution in [0.2, 0.25) is 0 Å². The zero-order valence-electron chi connectivity index (χ0n) is 9.11. The molecule has 1 aromatic rings. The van der Waals surface area contributed by atoms with Crippen LogP contribution in [0.5, 0.6) is 0 Å². The minimum absolute atomic E-state index is 0.242. The second kappa shape index (κ2) is 4.60. The summed E-state index contributed by atoms with van der Waals surface area (Å²) < 4.78 is 1.60. The van der Waals surface area contributed by atoms with Gasteiger partial charge in [-0.2, -0.15) is 10.4 Å². The molecule has 1 amide bonds. The molecule has 0 aliphatic carbocycles. The van der Waals surface area contributed by atoms with Crippen LogP contribution in [0.25, 0.3) is 0 Å². The highest BCUT2D eigenvalue weighted by Gasteiger charge is 2.15. The number of carbonyl (C=O) groups is 1. The molecule has 1 rings (SSSR count). The van der Waals surface area contributed by atoms with Gasteiger partial charge in [-0.05, 0) is 13.3 Å². The summed E-state index contributed by atoms with van der Waals surface area (Å²) in [5.41, 5.74) is 1.29. The minimum atomic E-state index is -0.484. The number of carbonyl (C=O) groups excluding carboxylic acids is 1. The molecule has 0 spiro atoms. The highest BCUT2D eigenvalue weighted by molar-refractivity contribution is 5.95. The monoisotopic (exact) mass is 206 g/mol. The van der Waals surface area contributed by atoms with E-state index in [0.29, 0.717) is 12.0 Å². The van der Waals surface area contributed by atoms with Crippen LogP contribution in [-0.2, 0) is 13.5 Å². The van der Waals surface area contributed by atoms with E-state index in [1.54, 1.807) is 24.9 Å². The van der Waals surface area contributed by atoms with Crippen LogP contribution in [-0.4, -0.2) is 21.7 Å². The number of hydrogen-bond donors (Lipinski definition) is 1. The van der Waals surface area contributed by atoms with Crippen molar-refractivity contribution in [3.63, 3.8) is 0 Å². The molecule has 0 aliphatic rings. The van der Waals surface area contributed by atoms with E-state index in [-0.39, 0.29) is 5.91 Å². The Bertz CT molecular complexity index is 402. The van der Waals surface area contributed by atoms with Gasteiger partial charge in [0.2, 0.25) is 0 Å². The number of nitrogens with zero attached hydrogens (tertiary/aromatic N) is 3. The molecule has 0 bridgehead atoms. The Morgan fingerprint density at radius 3 is 3.00 bits per heavy atom. The molecule has 1 unspecified atom stereocenters. The lowest BCUT2D eigenvalue weighted by Crippen LogP contribution is -2.31. The first-order chi connectivity index (χ1) is 7.08. The summed E-state index contributed by atoms with van der Waals surface area (Å²) in [5, 5.41) is 15.3. The van der Waals surface area contributed by atoms with Crippen molar-refractivity contribution in [1.82, 2.24) is 15.1 Å². The van der Waals surface area contributed by atoms with Gasteiger partial charge < -0.3 is 5.32 Å². The molecule has 1 aromatic heterocycles. The van der Waals surface area contributed by atoms with E-state index in [4.69, 9.17) is 5.26 Å². The highest BCUT2D eigenvalue weighted by atomic mass is 16.1. The fraction of sp³-hybridized carbons (Fsp3) is 0.500. The molecule has 5 heteroatoms. The molecule has 1 N–H and O–H groups in total. The third-order valence-corrected chi connectivity index (χ3v) is 2.03. The quantitative estimate of drug-likeness (QED) is 0.788. The Morgan fingerprint density at radius 1 is 1.80 bits per heavy atom. The SMILES string of the molecule is CCc1nn(C)cc1C(=O)NC(C)C#N. The Hall–Kier alpha value is -1.83. The van der Waals surface area contributed by atoms with Crippen molar-refractivity contribution in [1.29, 1.82) is 5.26 Å². The van der Waals surface area contributed by atoms with Crippen molar-refractivity contribution in [3.8, 4) is 6.07 Å². The molecule has 80 valence electrons. The van der Waals surface area contributed by atoms with Gasteiger partial charge in [0.15, 0.2) is 0 Å².